The van der Waals surface area contributed by atoms with Gasteiger partial charge in [-0.2, -0.15) is 0 Å². The van der Waals surface area contributed by atoms with Crippen molar-refractivity contribution in [1.82, 2.24) is 9.97 Å². The average molecular weight is 241 g/mol. The van der Waals surface area contributed by atoms with Crippen molar-refractivity contribution in [3.8, 4) is 0 Å². The normalized spacial score (nSPS) is 18.2. The number of benzene rings is 1. The summed E-state index contributed by atoms with van der Waals surface area (Å²) >= 11 is 0. The summed E-state index contributed by atoms with van der Waals surface area (Å²) < 4.78 is 23.1. The Kier molecular flexibility index (Phi) is 1.79. The van der Waals surface area contributed by atoms with E-state index in [9.17, 15) is 0 Å². The zero-order valence-corrected chi connectivity index (χ0v) is 9.96. The fraction of sp³-hybridized carbons (Fsp3) is 0.143. The zero-order valence-electron chi connectivity index (χ0n) is 13.0. The fourth-order valence-corrected chi connectivity index (χ4v) is 2.05. The zero-order chi connectivity index (χ0) is 15.2. The van der Waals surface area contributed by atoms with Crippen LogP contribution in [0.2, 0.25) is 0 Å². The first kappa shape index (κ1) is 8.08. The van der Waals surface area contributed by atoms with Crippen molar-refractivity contribution in [2.75, 3.05) is 16.8 Å². The summed E-state index contributed by atoms with van der Waals surface area (Å²) in [7, 11) is 0. The Morgan fingerprint density at radius 3 is 2.61 bits per heavy atom. The predicted molar refractivity (Wildman–Crippen MR) is 72.4 cm³/mol. The highest BCUT2D eigenvalue weighted by molar-refractivity contribution is 5.82. The number of anilines is 3. The number of nitrogens with zero attached hydrogens (tertiary/aromatic N) is 4. The Hall–Kier alpha value is -2.10. The standard InChI is InChI=1S/C14H14N4/c1-10-6-4-5-7-12(10)18-11(2)17(3)13-14(18)16-9-8-15-13/h4-9H,2H2,1,3H3/i3D3. The van der Waals surface area contributed by atoms with Gasteiger partial charge in [0.15, 0.2) is 17.8 Å². The van der Waals surface area contributed by atoms with Crippen molar-refractivity contribution < 1.29 is 4.11 Å². The van der Waals surface area contributed by atoms with E-state index in [1.165, 1.54) is 6.20 Å². The molecule has 1 aromatic heterocycles. The molecule has 0 saturated carbocycles. The molecule has 2 aromatic rings. The van der Waals surface area contributed by atoms with E-state index < -0.39 is 6.98 Å². The van der Waals surface area contributed by atoms with Gasteiger partial charge in [-0.1, -0.05) is 18.2 Å². The minimum atomic E-state index is -2.36. The van der Waals surface area contributed by atoms with Crippen LogP contribution in [-0.2, 0) is 0 Å². The molecular weight excluding hydrogens is 224 g/mol. The first-order valence-electron chi connectivity index (χ1n) is 7.07. The second-order valence-corrected chi connectivity index (χ2v) is 4.08. The van der Waals surface area contributed by atoms with Gasteiger partial charge in [0.25, 0.3) is 0 Å². The molecule has 2 radical (unpaired) electrons. The van der Waals surface area contributed by atoms with Crippen LogP contribution in [0.3, 0.4) is 0 Å². The predicted octanol–water partition coefficient (Wildman–Crippen LogP) is 2.70. The number of aromatic nitrogens is 2. The first-order valence-corrected chi connectivity index (χ1v) is 5.57. The quantitative estimate of drug-likeness (QED) is 0.768. The number of fused-ring (bicyclic) bond motifs is 1. The summed E-state index contributed by atoms with van der Waals surface area (Å²) in [6.07, 6.45) is 3.34. The lowest BCUT2D eigenvalue weighted by Crippen LogP contribution is -2.28. The van der Waals surface area contributed by atoms with E-state index in [1.807, 2.05) is 31.2 Å². The fourth-order valence-electron chi connectivity index (χ4n) is 2.05. The molecule has 0 unspecified atom stereocenters. The molecule has 18 heavy (non-hydrogen) atoms. The van der Waals surface area contributed by atoms with Crippen molar-refractivity contribution in [2.24, 2.45) is 0 Å². The minimum Gasteiger partial charge on any atom is -0.330 e. The molecule has 0 spiro atoms. The summed E-state index contributed by atoms with van der Waals surface area (Å²) in [4.78, 5) is 11.3. The van der Waals surface area contributed by atoms with Crippen LogP contribution in [0.1, 0.15) is 9.68 Å². The Bertz CT molecular complexity index is 671. The van der Waals surface area contributed by atoms with E-state index in [0.29, 0.717) is 17.8 Å². The van der Waals surface area contributed by atoms with Crippen molar-refractivity contribution >= 4 is 17.3 Å². The van der Waals surface area contributed by atoms with Gasteiger partial charge in [-0.3, -0.25) is 4.90 Å². The molecule has 0 N–H and O–H groups in total. The molecule has 2 heterocycles. The summed E-state index contributed by atoms with van der Waals surface area (Å²) in [6, 6.07) is 7.68. The Morgan fingerprint density at radius 2 is 1.89 bits per heavy atom. The van der Waals surface area contributed by atoms with Gasteiger partial charge < -0.3 is 4.90 Å². The Labute approximate surface area is 111 Å². The van der Waals surface area contributed by atoms with Crippen molar-refractivity contribution in [2.45, 2.75) is 6.92 Å². The van der Waals surface area contributed by atoms with Crippen LogP contribution in [0.5, 0.6) is 0 Å². The van der Waals surface area contributed by atoms with E-state index in [2.05, 4.69) is 16.9 Å². The van der Waals surface area contributed by atoms with Crippen LogP contribution in [0, 0.1) is 20.0 Å². The second kappa shape index (κ2) is 3.98. The topological polar surface area (TPSA) is 32.3 Å². The molecule has 0 atom stereocenters. The van der Waals surface area contributed by atoms with Crippen LogP contribution in [-0.4, -0.2) is 16.9 Å². The van der Waals surface area contributed by atoms with Gasteiger partial charge in [0.05, 0.1) is 0 Å². The summed E-state index contributed by atoms with van der Waals surface area (Å²) in [5, 5.41) is 0. The Balaban J connectivity index is 2.18. The third-order valence-electron chi connectivity index (χ3n) is 2.96. The molecule has 3 rings (SSSR count). The lowest BCUT2D eigenvalue weighted by molar-refractivity contribution is 0.948. The van der Waals surface area contributed by atoms with Gasteiger partial charge in [-0.25, -0.2) is 9.97 Å². The smallest absolute Gasteiger partial charge is 0.178 e. The van der Waals surface area contributed by atoms with Crippen molar-refractivity contribution in [3.05, 3.63) is 55.3 Å². The van der Waals surface area contributed by atoms with Crippen molar-refractivity contribution in [1.29, 1.82) is 0 Å². The minimum absolute atomic E-state index is 0.297. The van der Waals surface area contributed by atoms with Gasteiger partial charge in [0.2, 0.25) is 0 Å². The monoisotopic (exact) mass is 241 g/mol. The van der Waals surface area contributed by atoms with E-state index in [4.69, 9.17) is 4.11 Å². The van der Waals surface area contributed by atoms with Crippen LogP contribution in [0.15, 0.2) is 36.7 Å². The molecule has 0 aliphatic carbocycles. The number of para-hydroxylation sites is 1. The molecule has 1 aliphatic rings. The number of hydrogen-bond acceptors (Lipinski definition) is 4. The maximum atomic E-state index is 7.70. The maximum absolute atomic E-state index is 7.70. The van der Waals surface area contributed by atoms with Gasteiger partial charge >= 0.3 is 0 Å². The SMILES string of the molecule is [2H]C([2H])([2H])N1[C]([CH2])N(c2ccccc2C)c2nccnc21. The maximum Gasteiger partial charge on any atom is 0.178 e. The lowest BCUT2D eigenvalue weighted by atomic mass is 10.2. The van der Waals surface area contributed by atoms with Gasteiger partial charge in [0.1, 0.15) is 0 Å². The summed E-state index contributed by atoms with van der Waals surface area (Å²) in [6.45, 7) is 3.52. The van der Waals surface area contributed by atoms with E-state index >= 15 is 0 Å². The highest BCUT2D eigenvalue weighted by Crippen LogP contribution is 2.43. The lowest BCUT2D eigenvalue weighted by Gasteiger charge is -2.26. The van der Waals surface area contributed by atoms with E-state index in [1.54, 1.807) is 11.1 Å². The van der Waals surface area contributed by atoms with Gasteiger partial charge in [-0.15, -0.1) is 0 Å². The molecule has 1 aromatic carbocycles. The molecule has 0 bridgehead atoms. The van der Waals surface area contributed by atoms with Gasteiger partial charge in [-0.05, 0) is 25.5 Å². The molecule has 1 aliphatic heterocycles. The second-order valence-electron chi connectivity index (χ2n) is 4.08. The van der Waals surface area contributed by atoms with Crippen LogP contribution >= 0.6 is 0 Å². The van der Waals surface area contributed by atoms with Crippen molar-refractivity contribution in [3.63, 3.8) is 0 Å². The van der Waals surface area contributed by atoms with Crippen LogP contribution in [0.4, 0.5) is 17.3 Å². The van der Waals surface area contributed by atoms with Crippen LogP contribution in [0.25, 0.3) is 0 Å². The molecule has 4 heteroatoms. The highest BCUT2D eigenvalue weighted by Gasteiger charge is 2.35. The molecule has 0 saturated heterocycles. The number of hydrogen-bond donors (Lipinski definition) is 0. The summed E-state index contributed by atoms with van der Waals surface area (Å²) in [5.41, 5.74) is 1.85. The Morgan fingerprint density at radius 1 is 1.17 bits per heavy atom. The third-order valence-corrected chi connectivity index (χ3v) is 2.96. The molecule has 90 valence electrons. The average Bonchev–Trinajstić information content (AvgIpc) is 2.71. The molecule has 0 fully saturated rings. The first-order chi connectivity index (χ1) is 9.91. The highest BCUT2D eigenvalue weighted by atomic mass is 15.4. The number of aryl methyl sites for hydroxylation is 1. The summed E-state index contributed by atoms with van der Waals surface area (Å²) in [5.74, 6) is 0.777. The van der Waals surface area contributed by atoms with E-state index in [-0.39, 0.29) is 0 Å². The molecule has 4 nitrogen and oxygen atoms in total. The largest absolute Gasteiger partial charge is 0.330 e. The number of rotatable bonds is 1. The molecule has 0 amide bonds. The van der Waals surface area contributed by atoms with Crippen LogP contribution < -0.4 is 9.80 Å². The van der Waals surface area contributed by atoms with E-state index in [0.717, 1.165) is 16.2 Å². The van der Waals surface area contributed by atoms with Gasteiger partial charge in [0, 0.05) is 29.2 Å². The molecular formula is C14H14N4. The third kappa shape index (κ3) is 1.45.